The number of nitrogens with zero attached hydrogens (tertiary/aromatic N) is 2. The van der Waals surface area contributed by atoms with Gasteiger partial charge in [-0.2, -0.15) is 0 Å². The monoisotopic (exact) mass is 373 g/mol. The molecular weight excluding hydrogens is 354 g/mol. The molecule has 0 fully saturated rings. The second-order valence-corrected chi connectivity index (χ2v) is 5.19. The molecule has 142 valence electrons. The molecule has 0 bridgehead atoms. The minimum absolute atomic E-state index is 0.0925. The van der Waals surface area contributed by atoms with Gasteiger partial charge < -0.3 is 19.5 Å². The predicted molar refractivity (Wildman–Crippen MR) is 98.9 cm³/mol. The Kier molecular flexibility index (Phi) is 7.12. The summed E-state index contributed by atoms with van der Waals surface area (Å²) in [6.45, 7) is 0.421. The molecule has 0 spiro atoms. The Morgan fingerprint density at radius 3 is 2.70 bits per heavy atom. The van der Waals surface area contributed by atoms with Crippen LogP contribution in [0, 0.1) is 10.1 Å². The van der Waals surface area contributed by atoms with Gasteiger partial charge >= 0.3 is 5.97 Å². The zero-order chi connectivity index (χ0) is 19.6. The number of ether oxygens (including phenoxy) is 3. The SMILES string of the molecule is COc1ccc(OC)c(/C=C/C(=O)OCCNc2ccc([N+](=O)[O-])cn2)c1. The Balaban J connectivity index is 1.80. The maximum absolute atomic E-state index is 11.8. The number of nitro groups is 1. The standard InChI is InChI=1S/C18H19N3O6/c1-25-15-5-6-16(26-2)13(11-15)3-8-18(22)27-10-9-19-17-7-4-14(12-20-17)21(23)24/h3-8,11-12H,9-10H2,1-2H3,(H,19,20)/b8-3+. The zero-order valence-electron chi connectivity index (χ0n) is 14.9. The van der Waals surface area contributed by atoms with Crippen LogP contribution >= 0.6 is 0 Å². The fraction of sp³-hybridized carbons (Fsp3) is 0.222. The average Bonchev–Trinajstić information content (AvgIpc) is 2.69. The van der Waals surface area contributed by atoms with Gasteiger partial charge in [-0.1, -0.05) is 0 Å². The number of hydrogen-bond donors (Lipinski definition) is 1. The second-order valence-electron chi connectivity index (χ2n) is 5.19. The number of aromatic nitrogens is 1. The first-order valence-electron chi connectivity index (χ1n) is 7.94. The highest BCUT2D eigenvalue weighted by molar-refractivity contribution is 5.87. The normalized spacial score (nSPS) is 10.4. The molecule has 0 aliphatic heterocycles. The molecule has 0 saturated heterocycles. The van der Waals surface area contributed by atoms with Crippen molar-refractivity contribution in [3.8, 4) is 11.5 Å². The molecular formula is C18H19N3O6. The molecule has 0 aliphatic rings. The third kappa shape index (κ3) is 5.99. The van der Waals surface area contributed by atoms with Crippen LogP contribution in [-0.2, 0) is 9.53 Å². The molecule has 1 aromatic heterocycles. The van der Waals surface area contributed by atoms with Crippen LogP contribution in [-0.4, -0.2) is 43.2 Å². The highest BCUT2D eigenvalue weighted by atomic mass is 16.6. The number of nitrogens with one attached hydrogen (secondary N) is 1. The molecule has 0 unspecified atom stereocenters. The second kappa shape index (κ2) is 9.76. The topological polar surface area (TPSA) is 113 Å². The van der Waals surface area contributed by atoms with Crippen molar-refractivity contribution in [3.63, 3.8) is 0 Å². The van der Waals surface area contributed by atoms with Crippen LogP contribution in [0.3, 0.4) is 0 Å². The Bertz CT molecular complexity index is 820. The summed E-state index contributed by atoms with van der Waals surface area (Å²) in [7, 11) is 3.09. The summed E-state index contributed by atoms with van der Waals surface area (Å²) >= 11 is 0. The van der Waals surface area contributed by atoms with Crippen LogP contribution in [0.4, 0.5) is 11.5 Å². The molecule has 9 heteroatoms. The number of esters is 1. The van der Waals surface area contributed by atoms with E-state index in [2.05, 4.69) is 10.3 Å². The summed E-state index contributed by atoms with van der Waals surface area (Å²) in [5, 5.41) is 13.5. The van der Waals surface area contributed by atoms with E-state index in [4.69, 9.17) is 14.2 Å². The quantitative estimate of drug-likeness (QED) is 0.235. The number of hydrogen-bond acceptors (Lipinski definition) is 8. The van der Waals surface area contributed by atoms with Gasteiger partial charge in [0.1, 0.15) is 30.1 Å². The van der Waals surface area contributed by atoms with Gasteiger partial charge in [-0.3, -0.25) is 10.1 Å². The van der Waals surface area contributed by atoms with Gasteiger partial charge in [-0.25, -0.2) is 9.78 Å². The lowest BCUT2D eigenvalue weighted by atomic mass is 10.1. The van der Waals surface area contributed by atoms with Crippen LogP contribution < -0.4 is 14.8 Å². The third-order valence-corrected chi connectivity index (χ3v) is 3.45. The summed E-state index contributed by atoms with van der Waals surface area (Å²) in [6, 6.07) is 8.06. The van der Waals surface area contributed by atoms with Crippen molar-refractivity contribution in [2.75, 3.05) is 32.7 Å². The van der Waals surface area contributed by atoms with Gasteiger partial charge in [0, 0.05) is 17.7 Å². The number of pyridine rings is 1. The lowest BCUT2D eigenvalue weighted by Crippen LogP contribution is -2.13. The molecule has 27 heavy (non-hydrogen) atoms. The highest BCUT2D eigenvalue weighted by Crippen LogP contribution is 2.25. The van der Waals surface area contributed by atoms with Crippen LogP contribution in [0.5, 0.6) is 11.5 Å². The number of anilines is 1. The molecule has 0 atom stereocenters. The number of carbonyl (C=O) groups is 1. The van der Waals surface area contributed by atoms with Crippen LogP contribution in [0.25, 0.3) is 6.08 Å². The van der Waals surface area contributed by atoms with Crippen molar-refractivity contribution in [1.82, 2.24) is 4.98 Å². The Labute approximate surface area is 155 Å². The molecule has 2 aromatic rings. The van der Waals surface area contributed by atoms with Gasteiger partial charge in [-0.05, 0) is 30.3 Å². The number of carbonyl (C=O) groups excluding carboxylic acids is 1. The first-order chi connectivity index (χ1) is 13.0. The minimum atomic E-state index is -0.526. The van der Waals surface area contributed by atoms with E-state index in [1.54, 1.807) is 31.4 Å². The molecule has 9 nitrogen and oxygen atoms in total. The van der Waals surface area contributed by atoms with E-state index >= 15 is 0 Å². The van der Waals surface area contributed by atoms with E-state index in [-0.39, 0.29) is 12.3 Å². The van der Waals surface area contributed by atoms with Gasteiger partial charge in [0.05, 0.1) is 25.7 Å². The average molecular weight is 373 g/mol. The molecule has 1 N–H and O–H groups in total. The molecule has 0 saturated carbocycles. The largest absolute Gasteiger partial charge is 0.497 e. The smallest absolute Gasteiger partial charge is 0.330 e. The first kappa shape index (κ1) is 19.7. The molecule has 2 rings (SSSR count). The Hall–Kier alpha value is -3.62. The lowest BCUT2D eigenvalue weighted by molar-refractivity contribution is -0.385. The molecule has 0 aliphatic carbocycles. The third-order valence-electron chi connectivity index (χ3n) is 3.45. The molecule has 1 aromatic carbocycles. The van der Waals surface area contributed by atoms with E-state index in [0.717, 1.165) is 6.20 Å². The highest BCUT2D eigenvalue weighted by Gasteiger charge is 2.06. The van der Waals surface area contributed by atoms with Crippen molar-refractivity contribution in [2.45, 2.75) is 0 Å². The Morgan fingerprint density at radius 2 is 2.07 bits per heavy atom. The summed E-state index contributed by atoms with van der Waals surface area (Å²) in [5.41, 5.74) is 0.590. The van der Waals surface area contributed by atoms with Gasteiger partial charge in [0.2, 0.25) is 0 Å². The molecule has 0 amide bonds. The number of methoxy groups -OCH3 is 2. The lowest BCUT2D eigenvalue weighted by Gasteiger charge is -2.07. The van der Waals surface area contributed by atoms with Gasteiger partial charge in [0.15, 0.2) is 0 Å². The van der Waals surface area contributed by atoms with E-state index in [1.807, 2.05) is 0 Å². The van der Waals surface area contributed by atoms with Crippen molar-refractivity contribution < 1.29 is 23.9 Å². The van der Waals surface area contributed by atoms with Crippen LogP contribution in [0.15, 0.2) is 42.6 Å². The van der Waals surface area contributed by atoms with E-state index in [9.17, 15) is 14.9 Å². The predicted octanol–water partition coefficient (Wildman–Crippen LogP) is 2.68. The van der Waals surface area contributed by atoms with Crippen molar-refractivity contribution >= 4 is 23.6 Å². The van der Waals surface area contributed by atoms with Crippen molar-refractivity contribution in [1.29, 1.82) is 0 Å². The maximum Gasteiger partial charge on any atom is 0.330 e. The van der Waals surface area contributed by atoms with Gasteiger partial charge in [0.25, 0.3) is 5.69 Å². The van der Waals surface area contributed by atoms with E-state index in [1.165, 1.54) is 25.3 Å². The maximum atomic E-state index is 11.8. The fourth-order valence-corrected chi connectivity index (χ4v) is 2.10. The zero-order valence-corrected chi connectivity index (χ0v) is 14.9. The van der Waals surface area contributed by atoms with Crippen molar-refractivity contribution in [2.24, 2.45) is 0 Å². The summed E-state index contributed by atoms with van der Waals surface area (Å²) in [5.74, 6) is 1.18. The molecule has 1 heterocycles. The summed E-state index contributed by atoms with van der Waals surface area (Å²) in [4.78, 5) is 25.7. The summed E-state index contributed by atoms with van der Waals surface area (Å²) < 4.78 is 15.5. The molecule has 0 radical (unpaired) electrons. The number of benzene rings is 1. The summed E-state index contributed by atoms with van der Waals surface area (Å²) in [6.07, 6.45) is 4.02. The van der Waals surface area contributed by atoms with E-state index < -0.39 is 10.9 Å². The minimum Gasteiger partial charge on any atom is -0.497 e. The first-order valence-corrected chi connectivity index (χ1v) is 7.94. The fourth-order valence-electron chi connectivity index (χ4n) is 2.10. The van der Waals surface area contributed by atoms with Crippen LogP contribution in [0.2, 0.25) is 0 Å². The van der Waals surface area contributed by atoms with Crippen molar-refractivity contribution in [3.05, 3.63) is 58.3 Å². The number of rotatable bonds is 9. The van der Waals surface area contributed by atoms with Crippen LogP contribution in [0.1, 0.15) is 5.56 Å². The van der Waals surface area contributed by atoms with Gasteiger partial charge in [-0.15, -0.1) is 0 Å². The van der Waals surface area contributed by atoms with E-state index in [0.29, 0.717) is 29.4 Å². The Morgan fingerprint density at radius 1 is 1.26 bits per heavy atom.